The Kier molecular flexibility index (Phi) is 4.39. The van der Waals surface area contributed by atoms with E-state index >= 15 is 0 Å². The van der Waals surface area contributed by atoms with E-state index in [2.05, 4.69) is 10.6 Å². The zero-order valence-corrected chi connectivity index (χ0v) is 13.5. The molecule has 0 spiro atoms. The lowest BCUT2D eigenvalue weighted by Gasteiger charge is -2.11. The van der Waals surface area contributed by atoms with E-state index in [9.17, 15) is 18.0 Å². The van der Waals surface area contributed by atoms with E-state index < -0.39 is 21.7 Å². The van der Waals surface area contributed by atoms with Gasteiger partial charge in [0.25, 0.3) is 5.91 Å². The third-order valence-corrected chi connectivity index (χ3v) is 5.50. The normalized spacial score (nSPS) is 18.9. The molecule has 1 aliphatic rings. The van der Waals surface area contributed by atoms with Crippen LogP contribution in [0.3, 0.4) is 0 Å². The van der Waals surface area contributed by atoms with E-state index in [4.69, 9.17) is 4.42 Å². The Balaban J connectivity index is 1.65. The van der Waals surface area contributed by atoms with Crippen LogP contribution in [0.5, 0.6) is 0 Å². The van der Waals surface area contributed by atoms with Gasteiger partial charge in [0.2, 0.25) is 5.91 Å². The van der Waals surface area contributed by atoms with Crippen LogP contribution in [0, 0.1) is 5.92 Å². The molecule has 1 fully saturated rings. The number of benzene rings is 1. The van der Waals surface area contributed by atoms with E-state index in [1.807, 2.05) is 0 Å². The van der Waals surface area contributed by atoms with Gasteiger partial charge in [-0.3, -0.25) is 9.59 Å². The van der Waals surface area contributed by atoms with Gasteiger partial charge in [0.1, 0.15) is 0 Å². The summed E-state index contributed by atoms with van der Waals surface area (Å²) in [6.45, 7) is 0. The Labute approximate surface area is 139 Å². The van der Waals surface area contributed by atoms with Gasteiger partial charge in [0.15, 0.2) is 15.6 Å². The second kappa shape index (κ2) is 6.48. The minimum Gasteiger partial charge on any atom is -0.459 e. The maximum Gasteiger partial charge on any atom is 0.291 e. The molecule has 1 atom stereocenters. The first-order valence-electron chi connectivity index (χ1n) is 7.39. The second-order valence-electron chi connectivity index (χ2n) is 5.60. The predicted octanol–water partition coefficient (Wildman–Crippen LogP) is 1.91. The Hall–Kier alpha value is -2.61. The van der Waals surface area contributed by atoms with Gasteiger partial charge in [0.05, 0.1) is 23.7 Å². The van der Waals surface area contributed by atoms with Crippen LogP contribution in [0.2, 0.25) is 0 Å². The van der Waals surface area contributed by atoms with Crippen LogP contribution < -0.4 is 10.6 Å². The molecule has 0 aliphatic carbocycles. The van der Waals surface area contributed by atoms with Crippen molar-refractivity contribution < 1.29 is 22.4 Å². The number of sulfone groups is 1. The lowest BCUT2D eigenvalue weighted by atomic mass is 10.1. The zero-order chi connectivity index (χ0) is 17.2. The van der Waals surface area contributed by atoms with Gasteiger partial charge < -0.3 is 15.1 Å². The molecule has 0 bridgehead atoms. The highest BCUT2D eigenvalue weighted by atomic mass is 32.2. The number of nitrogens with one attached hydrogen (secondary N) is 2. The van der Waals surface area contributed by atoms with Gasteiger partial charge >= 0.3 is 0 Å². The quantitative estimate of drug-likeness (QED) is 0.878. The van der Waals surface area contributed by atoms with Crippen LogP contribution in [-0.2, 0) is 14.6 Å². The summed E-state index contributed by atoms with van der Waals surface area (Å²) in [6.07, 6.45) is 1.74. The lowest BCUT2D eigenvalue weighted by molar-refractivity contribution is -0.119. The van der Waals surface area contributed by atoms with Crippen molar-refractivity contribution in [2.45, 2.75) is 6.42 Å². The average molecular weight is 348 g/mol. The van der Waals surface area contributed by atoms with Gasteiger partial charge in [-0.05, 0) is 36.8 Å². The molecule has 7 nitrogen and oxygen atoms in total. The van der Waals surface area contributed by atoms with Crippen molar-refractivity contribution in [1.82, 2.24) is 0 Å². The summed E-state index contributed by atoms with van der Waals surface area (Å²) in [7, 11) is -3.11. The molecule has 24 heavy (non-hydrogen) atoms. The molecule has 2 heterocycles. The summed E-state index contributed by atoms with van der Waals surface area (Å²) < 4.78 is 27.9. The van der Waals surface area contributed by atoms with Crippen molar-refractivity contribution in [3.8, 4) is 0 Å². The summed E-state index contributed by atoms with van der Waals surface area (Å²) in [5.74, 6) is -1.15. The predicted molar refractivity (Wildman–Crippen MR) is 88.5 cm³/mol. The highest BCUT2D eigenvalue weighted by molar-refractivity contribution is 7.91. The highest BCUT2D eigenvalue weighted by Gasteiger charge is 2.32. The highest BCUT2D eigenvalue weighted by Crippen LogP contribution is 2.22. The molecule has 0 radical (unpaired) electrons. The van der Waals surface area contributed by atoms with Gasteiger partial charge in [-0.15, -0.1) is 0 Å². The number of anilines is 2. The molecule has 1 aliphatic heterocycles. The van der Waals surface area contributed by atoms with Gasteiger partial charge in [-0.1, -0.05) is 6.07 Å². The van der Waals surface area contributed by atoms with E-state index in [1.54, 1.807) is 36.4 Å². The van der Waals surface area contributed by atoms with Crippen molar-refractivity contribution >= 4 is 33.0 Å². The summed E-state index contributed by atoms with van der Waals surface area (Å²) in [5, 5.41) is 5.35. The first-order chi connectivity index (χ1) is 11.4. The fourth-order valence-corrected chi connectivity index (χ4v) is 4.26. The van der Waals surface area contributed by atoms with E-state index in [0.717, 1.165) is 0 Å². The smallest absolute Gasteiger partial charge is 0.291 e. The summed E-state index contributed by atoms with van der Waals surface area (Å²) in [4.78, 5) is 24.1. The second-order valence-corrected chi connectivity index (χ2v) is 7.83. The molecular formula is C16H16N2O5S. The van der Waals surface area contributed by atoms with E-state index in [1.165, 1.54) is 6.26 Å². The monoisotopic (exact) mass is 348 g/mol. The summed E-state index contributed by atoms with van der Waals surface area (Å²) >= 11 is 0. The minimum absolute atomic E-state index is 0.0460. The summed E-state index contributed by atoms with van der Waals surface area (Å²) in [6, 6.07) is 9.78. The fourth-order valence-electron chi connectivity index (χ4n) is 2.52. The van der Waals surface area contributed by atoms with E-state index in [-0.39, 0.29) is 23.2 Å². The topological polar surface area (TPSA) is 105 Å². The standard InChI is InChI=1S/C16H16N2O5S/c19-15(11-6-8-24(21,22)10-11)17-12-3-1-4-13(9-12)18-16(20)14-5-2-7-23-14/h1-5,7,9,11H,6,8,10H2,(H,17,19)(H,18,20). The molecule has 126 valence electrons. The van der Waals surface area contributed by atoms with Crippen LogP contribution in [-0.4, -0.2) is 31.7 Å². The number of amides is 2. The van der Waals surface area contributed by atoms with Crippen molar-refractivity contribution in [3.05, 3.63) is 48.4 Å². The number of hydrogen-bond acceptors (Lipinski definition) is 5. The largest absolute Gasteiger partial charge is 0.459 e. The Morgan fingerprint density at radius 3 is 2.46 bits per heavy atom. The van der Waals surface area contributed by atoms with Crippen LogP contribution in [0.25, 0.3) is 0 Å². The van der Waals surface area contributed by atoms with Gasteiger partial charge in [0, 0.05) is 11.4 Å². The Morgan fingerprint density at radius 2 is 1.83 bits per heavy atom. The van der Waals surface area contributed by atoms with Crippen molar-refractivity contribution in [2.24, 2.45) is 5.92 Å². The number of carbonyl (C=O) groups is 2. The number of rotatable bonds is 4. The molecule has 0 saturated carbocycles. The molecule has 1 saturated heterocycles. The van der Waals surface area contributed by atoms with Gasteiger partial charge in [-0.2, -0.15) is 0 Å². The van der Waals surface area contributed by atoms with Crippen LogP contribution in [0.4, 0.5) is 11.4 Å². The number of carbonyl (C=O) groups excluding carboxylic acids is 2. The minimum atomic E-state index is -3.11. The SMILES string of the molecule is O=C(Nc1cccc(NC(=O)C2CCS(=O)(=O)C2)c1)c1ccco1. The maximum absolute atomic E-state index is 12.1. The molecule has 1 unspecified atom stereocenters. The first-order valence-corrected chi connectivity index (χ1v) is 9.21. The van der Waals surface area contributed by atoms with E-state index in [0.29, 0.717) is 17.8 Å². The van der Waals surface area contributed by atoms with Gasteiger partial charge in [-0.25, -0.2) is 8.42 Å². The summed E-state index contributed by atoms with van der Waals surface area (Å²) in [5.41, 5.74) is 0.981. The average Bonchev–Trinajstić information content (AvgIpc) is 3.17. The molecule has 1 aromatic carbocycles. The van der Waals surface area contributed by atoms with Crippen molar-refractivity contribution in [1.29, 1.82) is 0 Å². The Morgan fingerprint density at radius 1 is 1.08 bits per heavy atom. The molecule has 8 heteroatoms. The molecular weight excluding hydrogens is 332 g/mol. The lowest BCUT2D eigenvalue weighted by Crippen LogP contribution is -2.23. The van der Waals surface area contributed by atoms with Crippen molar-refractivity contribution in [3.63, 3.8) is 0 Å². The van der Waals surface area contributed by atoms with Crippen molar-refractivity contribution in [2.75, 3.05) is 22.1 Å². The molecule has 2 aromatic rings. The maximum atomic E-state index is 12.1. The Bertz CT molecular complexity index is 858. The first kappa shape index (κ1) is 16.3. The van der Waals surface area contributed by atoms with Crippen LogP contribution in [0.1, 0.15) is 17.0 Å². The third-order valence-electron chi connectivity index (χ3n) is 3.74. The molecule has 3 rings (SSSR count). The number of furan rings is 1. The fraction of sp³-hybridized carbons (Fsp3) is 0.250. The number of hydrogen-bond donors (Lipinski definition) is 2. The third kappa shape index (κ3) is 3.83. The molecule has 1 aromatic heterocycles. The molecule has 2 N–H and O–H groups in total. The van der Waals surface area contributed by atoms with Crippen LogP contribution in [0.15, 0.2) is 47.1 Å². The zero-order valence-electron chi connectivity index (χ0n) is 12.7. The van der Waals surface area contributed by atoms with Crippen LogP contribution >= 0.6 is 0 Å². The molecule has 2 amide bonds.